The summed E-state index contributed by atoms with van der Waals surface area (Å²) in [6.07, 6.45) is 5.65. The molecule has 2 fully saturated rings. The van der Waals surface area contributed by atoms with Crippen LogP contribution in [0, 0.1) is 22.2 Å². The van der Waals surface area contributed by atoms with Gasteiger partial charge in [0.25, 0.3) is 0 Å². The highest BCUT2D eigenvalue weighted by Gasteiger charge is 2.64. The molecule has 0 saturated heterocycles. The van der Waals surface area contributed by atoms with E-state index in [1.807, 2.05) is 0 Å². The van der Waals surface area contributed by atoms with Crippen molar-refractivity contribution in [1.82, 2.24) is 4.57 Å². The fourth-order valence-corrected chi connectivity index (χ4v) is 7.28. The lowest BCUT2D eigenvalue weighted by atomic mass is 9.42. The highest BCUT2D eigenvalue weighted by molar-refractivity contribution is 5.82. The Hall–Kier alpha value is -1.28. The summed E-state index contributed by atoms with van der Waals surface area (Å²) >= 11 is 0. The quantitative estimate of drug-likeness (QED) is 0.689. The number of nitrogens with zero attached hydrogens (tertiary/aromatic N) is 1. The summed E-state index contributed by atoms with van der Waals surface area (Å²) in [6.45, 7) is 9.73. The standard InChI is InChI=1S/C23H31NO/c1-21(2)18-9-10-19-23(4,22(18,3)12-11-20(21)25)14-16-13-15-7-5-6-8-17(15)24(16)19/h5-8,13,18-20,25H,9-12,14H2,1-4H3/t18-,19-,20-,22-,23-/m1/s1. The van der Waals surface area contributed by atoms with E-state index in [4.69, 9.17) is 0 Å². The fraction of sp³-hybridized carbons (Fsp3) is 0.652. The number of aliphatic hydroxyl groups is 1. The van der Waals surface area contributed by atoms with E-state index < -0.39 is 0 Å². The minimum absolute atomic E-state index is 0.0281. The van der Waals surface area contributed by atoms with Gasteiger partial charge in [-0.15, -0.1) is 0 Å². The average molecular weight is 338 g/mol. The van der Waals surface area contributed by atoms with Gasteiger partial charge in [-0.25, -0.2) is 0 Å². The fourth-order valence-electron chi connectivity index (χ4n) is 7.28. The molecule has 2 saturated carbocycles. The SMILES string of the molecule is CC1(C)[C@H](O)CC[C@]2(C)[C@@H]1CC[C@H]1n3c(cc4ccccc43)C[C@]12C. The van der Waals surface area contributed by atoms with Crippen molar-refractivity contribution in [3.8, 4) is 0 Å². The van der Waals surface area contributed by atoms with Gasteiger partial charge in [0.15, 0.2) is 0 Å². The largest absolute Gasteiger partial charge is 0.393 e. The van der Waals surface area contributed by atoms with Gasteiger partial charge in [-0.2, -0.15) is 0 Å². The Morgan fingerprint density at radius 3 is 2.56 bits per heavy atom. The van der Waals surface area contributed by atoms with Crippen LogP contribution in [0.5, 0.6) is 0 Å². The van der Waals surface area contributed by atoms with Crippen LogP contribution < -0.4 is 0 Å². The number of aromatic nitrogens is 1. The summed E-state index contributed by atoms with van der Waals surface area (Å²) in [5.74, 6) is 0.612. The molecule has 25 heavy (non-hydrogen) atoms. The Bertz CT molecular complexity index is 849. The molecule has 1 aromatic carbocycles. The van der Waals surface area contributed by atoms with Crippen molar-refractivity contribution in [2.24, 2.45) is 22.2 Å². The molecule has 0 bridgehead atoms. The van der Waals surface area contributed by atoms with Gasteiger partial charge in [-0.3, -0.25) is 0 Å². The minimum Gasteiger partial charge on any atom is -0.393 e. The van der Waals surface area contributed by atoms with Gasteiger partial charge in [0, 0.05) is 17.3 Å². The lowest BCUT2D eigenvalue weighted by molar-refractivity contribution is -0.176. The Labute approximate surface area is 151 Å². The van der Waals surface area contributed by atoms with E-state index in [-0.39, 0.29) is 11.5 Å². The van der Waals surface area contributed by atoms with E-state index in [1.54, 1.807) is 0 Å². The Morgan fingerprint density at radius 1 is 1.00 bits per heavy atom. The minimum atomic E-state index is -0.146. The molecule has 0 radical (unpaired) electrons. The van der Waals surface area contributed by atoms with E-state index in [0.29, 0.717) is 22.8 Å². The van der Waals surface area contributed by atoms with Crippen molar-refractivity contribution < 1.29 is 5.11 Å². The third kappa shape index (κ3) is 1.75. The van der Waals surface area contributed by atoms with E-state index in [9.17, 15) is 5.11 Å². The van der Waals surface area contributed by atoms with E-state index in [2.05, 4.69) is 62.6 Å². The first-order valence-electron chi connectivity index (χ1n) is 10.1. The van der Waals surface area contributed by atoms with Crippen molar-refractivity contribution in [3.63, 3.8) is 0 Å². The number of fused-ring (bicyclic) bond motifs is 7. The first-order chi connectivity index (χ1) is 11.8. The summed E-state index contributed by atoms with van der Waals surface area (Å²) in [6, 6.07) is 11.9. The number of rotatable bonds is 0. The molecule has 2 aromatic rings. The molecule has 3 aliphatic rings. The molecule has 134 valence electrons. The van der Waals surface area contributed by atoms with Crippen LogP contribution in [0.1, 0.15) is 65.1 Å². The summed E-state index contributed by atoms with van der Waals surface area (Å²) in [5, 5.41) is 12.1. The molecule has 5 atom stereocenters. The highest BCUT2D eigenvalue weighted by Crippen LogP contribution is 2.70. The van der Waals surface area contributed by atoms with Gasteiger partial charge in [-0.1, -0.05) is 45.9 Å². The first-order valence-corrected chi connectivity index (χ1v) is 10.1. The third-order valence-corrected chi connectivity index (χ3v) is 8.92. The summed E-state index contributed by atoms with van der Waals surface area (Å²) < 4.78 is 2.68. The Morgan fingerprint density at radius 2 is 1.76 bits per heavy atom. The zero-order valence-electron chi connectivity index (χ0n) is 16.0. The Balaban J connectivity index is 1.65. The van der Waals surface area contributed by atoms with Gasteiger partial charge >= 0.3 is 0 Å². The second kappa shape index (κ2) is 4.71. The summed E-state index contributed by atoms with van der Waals surface area (Å²) in [4.78, 5) is 0. The van der Waals surface area contributed by atoms with E-state index in [0.717, 1.165) is 12.8 Å². The van der Waals surface area contributed by atoms with Gasteiger partial charge in [-0.05, 0) is 71.8 Å². The van der Waals surface area contributed by atoms with Crippen LogP contribution >= 0.6 is 0 Å². The number of hydrogen-bond acceptors (Lipinski definition) is 1. The molecule has 2 heteroatoms. The highest BCUT2D eigenvalue weighted by atomic mass is 16.3. The molecule has 0 unspecified atom stereocenters. The lowest BCUT2D eigenvalue weighted by Gasteiger charge is -2.64. The van der Waals surface area contributed by atoms with Crippen molar-refractivity contribution in [1.29, 1.82) is 0 Å². The van der Waals surface area contributed by atoms with Crippen LogP contribution in [-0.4, -0.2) is 15.8 Å². The molecule has 2 nitrogen and oxygen atoms in total. The smallest absolute Gasteiger partial charge is 0.0594 e. The Kier molecular flexibility index (Phi) is 3.00. The third-order valence-electron chi connectivity index (χ3n) is 8.92. The van der Waals surface area contributed by atoms with Crippen LogP contribution in [-0.2, 0) is 6.42 Å². The number of benzene rings is 1. The van der Waals surface area contributed by atoms with Gasteiger partial charge < -0.3 is 9.67 Å². The number of aliphatic hydroxyl groups excluding tert-OH is 1. The van der Waals surface area contributed by atoms with Gasteiger partial charge in [0.2, 0.25) is 0 Å². The average Bonchev–Trinajstić information content (AvgIpc) is 3.05. The van der Waals surface area contributed by atoms with Gasteiger partial charge in [0.05, 0.1) is 6.10 Å². The maximum atomic E-state index is 10.7. The second-order valence-corrected chi connectivity index (χ2v) is 10.1. The van der Waals surface area contributed by atoms with Crippen LogP contribution in [0.2, 0.25) is 0 Å². The molecule has 2 heterocycles. The van der Waals surface area contributed by atoms with Crippen molar-refractivity contribution >= 4 is 10.9 Å². The van der Waals surface area contributed by atoms with E-state index in [1.165, 1.54) is 35.9 Å². The van der Waals surface area contributed by atoms with Crippen molar-refractivity contribution in [2.75, 3.05) is 0 Å². The van der Waals surface area contributed by atoms with E-state index >= 15 is 0 Å². The molecular weight excluding hydrogens is 306 g/mol. The van der Waals surface area contributed by atoms with Crippen LogP contribution in [0.3, 0.4) is 0 Å². The predicted molar refractivity (Wildman–Crippen MR) is 103 cm³/mol. The predicted octanol–water partition coefficient (Wildman–Crippen LogP) is 5.34. The summed E-state index contributed by atoms with van der Waals surface area (Å²) in [7, 11) is 0. The molecule has 1 aliphatic heterocycles. The number of para-hydroxylation sites is 1. The number of hydrogen-bond donors (Lipinski definition) is 1. The molecule has 0 amide bonds. The maximum Gasteiger partial charge on any atom is 0.0594 e. The van der Waals surface area contributed by atoms with Crippen LogP contribution in [0.15, 0.2) is 30.3 Å². The molecule has 1 aromatic heterocycles. The maximum absolute atomic E-state index is 10.7. The first kappa shape index (κ1) is 15.9. The van der Waals surface area contributed by atoms with Gasteiger partial charge in [0.1, 0.15) is 0 Å². The molecule has 0 spiro atoms. The molecule has 1 N–H and O–H groups in total. The molecule has 2 aliphatic carbocycles. The molecular formula is C23H31NO. The second-order valence-electron chi connectivity index (χ2n) is 10.1. The zero-order chi connectivity index (χ0) is 17.6. The monoisotopic (exact) mass is 337 g/mol. The topological polar surface area (TPSA) is 25.2 Å². The van der Waals surface area contributed by atoms with Crippen molar-refractivity contribution in [3.05, 3.63) is 36.0 Å². The van der Waals surface area contributed by atoms with Crippen molar-refractivity contribution in [2.45, 2.75) is 71.9 Å². The summed E-state index contributed by atoms with van der Waals surface area (Å²) in [5.41, 5.74) is 3.58. The zero-order valence-corrected chi connectivity index (χ0v) is 16.0. The normalized spacial score (nSPS) is 42.0. The van der Waals surface area contributed by atoms with Crippen LogP contribution in [0.25, 0.3) is 10.9 Å². The van der Waals surface area contributed by atoms with Crippen LogP contribution in [0.4, 0.5) is 0 Å². The lowest BCUT2D eigenvalue weighted by Crippen LogP contribution is -2.59. The molecule has 5 rings (SSSR count).